The average Bonchev–Trinajstić information content (AvgIpc) is 2.79. The molecule has 21 heavy (non-hydrogen) atoms. The largest absolute Gasteiger partial charge is 0.397 e. The number of rotatable bonds is 4. The van der Waals surface area contributed by atoms with Crippen LogP contribution in [0.25, 0.3) is 0 Å². The number of sulfonamides is 1. The molecule has 1 aromatic rings. The molecule has 0 radical (unpaired) electrons. The van der Waals surface area contributed by atoms with Gasteiger partial charge in [-0.3, -0.25) is 0 Å². The van der Waals surface area contributed by atoms with Crippen molar-refractivity contribution in [1.82, 2.24) is 4.31 Å². The lowest BCUT2D eigenvalue weighted by Gasteiger charge is -2.28. The van der Waals surface area contributed by atoms with Crippen molar-refractivity contribution in [2.75, 3.05) is 37.9 Å². The quantitative estimate of drug-likeness (QED) is 0.800. The standard InChI is InChI=1S/C14H23N3O3S/c1-10-6-7-17(14(10)9-18)13-5-4-11(8-12(13)15)21(19,20)16(2)3/h4-5,8,10,14,18H,6-7,9,15H2,1-3H3. The second kappa shape index (κ2) is 5.82. The zero-order valence-corrected chi connectivity index (χ0v) is 13.5. The van der Waals surface area contributed by atoms with Crippen LogP contribution in [0.15, 0.2) is 23.1 Å². The molecule has 3 N–H and O–H groups in total. The third-order valence-corrected chi connectivity index (χ3v) is 5.97. The number of anilines is 2. The molecule has 0 aromatic heterocycles. The van der Waals surface area contributed by atoms with Crippen LogP contribution in [0.1, 0.15) is 13.3 Å². The van der Waals surface area contributed by atoms with Crippen LogP contribution >= 0.6 is 0 Å². The highest BCUT2D eigenvalue weighted by Crippen LogP contribution is 2.34. The van der Waals surface area contributed by atoms with E-state index in [2.05, 4.69) is 11.8 Å². The van der Waals surface area contributed by atoms with Crippen LogP contribution in [0.3, 0.4) is 0 Å². The number of hydrogen-bond acceptors (Lipinski definition) is 5. The van der Waals surface area contributed by atoms with Crippen LogP contribution < -0.4 is 10.6 Å². The summed E-state index contributed by atoms with van der Waals surface area (Å²) in [7, 11) is -0.505. The maximum Gasteiger partial charge on any atom is 0.242 e. The summed E-state index contributed by atoms with van der Waals surface area (Å²) in [5.41, 5.74) is 7.26. The number of hydrogen-bond donors (Lipinski definition) is 2. The van der Waals surface area contributed by atoms with E-state index in [0.29, 0.717) is 11.6 Å². The van der Waals surface area contributed by atoms with E-state index in [0.717, 1.165) is 23.0 Å². The minimum atomic E-state index is -3.48. The van der Waals surface area contributed by atoms with Gasteiger partial charge in [0.2, 0.25) is 10.0 Å². The van der Waals surface area contributed by atoms with Crippen molar-refractivity contribution in [3.05, 3.63) is 18.2 Å². The molecule has 2 unspecified atom stereocenters. The molecular weight excluding hydrogens is 290 g/mol. The first-order chi connectivity index (χ1) is 9.78. The van der Waals surface area contributed by atoms with Gasteiger partial charge in [0.25, 0.3) is 0 Å². The molecule has 0 bridgehead atoms. The summed E-state index contributed by atoms with van der Waals surface area (Å²) in [4.78, 5) is 2.24. The fourth-order valence-corrected chi connectivity index (χ4v) is 3.69. The third-order valence-electron chi connectivity index (χ3n) is 4.16. The Balaban J connectivity index is 2.37. The lowest BCUT2D eigenvalue weighted by Crippen LogP contribution is -2.35. The predicted octanol–water partition coefficient (Wildman–Crippen LogP) is 0.726. The highest BCUT2D eigenvalue weighted by Gasteiger charge is 2.32. The van der Waals surface area contributed by atoms with Crippen LogP contribution in [-0.4, -0.2) is 51.1 Å². The molecule has 2 atom stereocenters. The lowest BCUT2D eigenvalue weighted by atomic mass is 10.0. The van der Waals surface area contributed by atoms with Crippen LogP contribution in [-0.2, 0) is 10.0 Å². The van der Waals surface area contributed by atoms with Gasteiger partial charge in [-0.2, -0.15) is 0 Å². The average molecular weight is 313 g/mol. The number of nitrogens with zero attached hydrogens (tertiary/aromatic N) is 2. The molecule has 1 fully saturated rings. The molecule has 2 rings (SSSR count). The molecule has 0 amide bonds. The molecule has 118 valence electrons. The highest BCUT2D eigenvalue weighted by molar-refractivity contribution is 7.89. The third kappa shape index (κ3) is 2.86. The van der Waals surface area contributed by atoms with Crippen molar-refractivity contribution in [2.24, 2.45) is 5.92 Å². The van der Waals surface area contributed by atoms with Gasteiger partial charge >= 0.3 is 0 Å². The summed E-state index contributed by atoms with van der Waals surface area (Å²) in [6.07, 6.45) is 0.989. The van der Waals surface area contributed by atoms with Crippen molar-refractivity contribution < 1.29 is 13.5 Å². The fraction of sp³-hybridized carbons (Fsp3) is 0.571. The smallest absolute Gasteiger partial charge is 0.242 e. The van der Waals surface area contributed by atoms with E-state index in [1.165, 1.54) is 20.2 Å². The Bertz CT molecular complexity index is 616. The normalized spacial score (nSPS) is 23.0. The van der Waals surface area contributed by atoms with Gasteiger partial charge in [0, 0.05) is 20.6 Å². The Morgan fingerprint density at radius 3 is 2.62 bits per heavy atom. The van der Waals surface area contributed by atoms with Crippen molar-refractivity contribution in [2.45, 2.75) is 24.3 Å². The van der Waals surface area contributed by atoms with E-state index in [4.69, 9.17) is 5.73 Å². The topological polar surface area (TPSA) is 86.9 Å². The minimum Gasteiger partial charge on any atom is -0.397 e. The molecule has 1 aliphatic rings. The molecule has 1 aliphatic heterocycles. The van der Waals surface area contributed by atoms with E-state index >= 15 is 0 Å². The van der Waals surface area contributed by atoms with Gasteiger partial charge < -0.3 is 15.7 Å². The zero-order valence-electron chi connectivity index (χ0n) is 12.7. The Labute approximate surface area is 126 Å². The van der Waals surface area contributed by atoms with Crippen LogP contribution in [0.4, 0.5) is 11.4 Å². The first-order valence-electron chi connectivity index (χ1n) is 6.98. The number of aliphatic hydroxyl groups excluding tert-OH is 1. The van der Waals surface area contributed by atoms with Gasteiger partial charge in [-0.1, -0.05) is 6.92 Å². The summed E-state index contributed by atoms with van der Waals surface area (Å²) < 4.78 is 25.4. The lowest BCUT2D eigenvalue weighted by molar-refractivity contribution is 0.245. The highest BCUT2D eigenvalue weighted by atomic mass is 32.2. The molecular formula is C14H23N3O3S. The van der Waals surface area contributed by atoms with Crippen LogP contribution in [0.5, 0.6) is 0 Å². The molecule has 0 spiro atoms. The summed E-state index contributed by atoms with van der Waals surface area (Å²) in [5, 5.41) is 9.53. The summed E-state index contributed by atoms with van der Waals surface area (Å²) in [6, 6.07) is 4.82. The predicted molar refractivity (Wildman–Crippen MR) is 83.7 cm³/mol. The maximum atomic E-state index is 12.1. The zero-order chi connectivity index (χ0) is 15.8. The second-order valence-corrected chi connectivity index (χ2v) is 7.87. The fourth-order valence-electron chi connectivity index (χ4n) is 2.75. The second-order valence-electron chi connectivity index (χ2n) is 5.72. The van der Waals surface area contributed by atoms with Gasteiger partial charge in [-0.15, -0.1) is 0 Å². The number of nitrogen functional groups attached to an aromatic ring is 1. The van der Waals surface area contributed by atoms with E-state index in [1.807, 2.05) is 0 Å². The van der Waals surface area contributed by atoms with Crippen LogP contribution in [0, 0.1) is 5.92 Å². The Morgan fingerprint density at radius 2 is 2.10 bits per heavy atom. The van der Waals surface area contributed by atoms with Gasteiger partial charge in [-0.05, 0) is 30.5 Å². The monoisotopic (exact) mass is 313 g/mol. The van der Waals surface area contributed by atoms with Crippen molar-refractivity contribution in [1.29, 1.82) is 0 Å². The van der Waals surface area contributed by atoms with Gasteiger partial charge in [0.1, 0.15) is 0 Å². The van der Waals surface area contributed by atoms with Crippen molar-refractivity contribution in [3.8, 4) is 0 Å². The number of benzene rings is 1. The van der Waals surface area contributed by atoms with Crippen molar-refractivity contribution >= 4 is 21.4 Å². The molecule has 6 nitrogen and oxygen atoms in total. The van der Waals surface area contributed by atoms with Crippen LogP contribution in [0.2, 0.25) is 0 Å². The maximum absolute atomic E-state index is 12.1. The van der Waals surface area contributed by atoms with E-state index in [-0.39, 0.29) is 17.5 Å². The molecule has 1 heterocycles. The minimum absolute atomic E-state index is 0.0311. The molecule has 0 saturated carbocycles. The number of nitrogens with two attached hydrogens (primary N) is 1. The molecule has 1 saturated heterocycles. The Morgan fingerprint density at radius 1 is 1.43 bits per heavy atom. The SMILES string of the molecule is CC1CCN(c2ccc(S(=O)(=O)N(C)C)cc2N)C1CO. The molecule has 7 heteroatoms. The van der Waals surface area contributed by atoms with E-state index in [9.17, 15) is 13.5 Å². The van der Waals surface area contributed by atoms with E-state index < -0.39 is 10.0 Å². The van der Waals surface area contributed by atoms with Gasteiger partial charge in [0.05, 0.1) is 28.9 Å². The first-order valence-corrected chi connectivity index (χ1v) is 8.42. The number of aliphatic hydroxyl groups is 1. The summed E-state index contributed by atoms with van der Waals surface area (Å²) in [6.45, 7) is 2.98. The Hall–Kier alpha value is -1.31. The van der Waals surface area contributed by atoms with Gasteiger partial charge in [-0.25, -0.2) is 12.7 Å². The Kier molecular flexibility index (Phi) is 4.46. The molecule has 0 aliphatic carbocycles. The van der Waals surface area contributed by atoms with Crippen molar-refractivity contribution in [3.63, 3.8) is 0 Å². The first kappa shape index (κ1) is 16.1. The molecule has 1 aromatic carbocycles. The summed E-state index contributed by atoms with van der Waals surface area (Å²) >= 11 is 0. The van der Waals surface area contributed by atoms with E-state index in [1.54, 1.807) is 12.1 Å². The summed E-state index contributed by atoms with van der Waals surface area (Å²) in [5.74, 6) is 0.389. The van der Waals surface area contributed by atoms with Gasteiger partial charge in [0.15, 0.2) is 0 Å².